The van der Waals surface area contributed by atoms with Crippen LogP contribution in [0.5, 0.6) is 0 Å². The maximum absolute atomic E-state index is 4.11. The molecule has 4 heteroatoms. The first-order chi connectivity index (χ1) is 29.0. The van der Waals surface area contributed by atoms with E-state index in [4.69, 9.17) is 0 Å². The average molecular weight is 954 g/mol. The van der Waals surface area contributed by atoms with Crippen molar-refractivity contribution in [1.29, 1.82) is 0 Å². The van der Waals surface area contributed by atoms with E-state index in [1.165, 1.54) is 98.7 Å². The summed E-state index contributed by atoms with van der Waals surface area (Å²) in [6.45, 7) is 16.3. The zero-order chi connectivity index (χ0) is 41.6. The molecule has 8 aromatic rings. The Morgan fingerprint density at radius 1 is 0.571 bits per heavy atom. The molecule has 0 aliphatic heterocycles. The van der Waals surface area contributed by atoms with Crippen molar-refractivity contribution in [3.05, 3.63) is 208 Å². The van der Waals surface area contributed by atoms with Gasteiger partial charge in [0.1, 0.15) is 9.52 Å². The number of rotatable bonds is 6. The maximum Gasteiger partial charge on any atom is 3.00 e. The van der Waals surface area contributed by atoms with Crippen molar-refractivity contribution in [3.8, 4) is 22.3 Å². The van der Waals surface area contributed by atoms with Crippen molar-refractivity contribution in [3.63, 3.8) is 0 Å². The first kappa shape index (κ1) is 48.2. The fourth-order valence-corrected chi connectivity index (χ4v) is 10.4. The summed E-state index contributed by atoms with van der Waals surface area (Å²) in [5.41, 5.74) is 17.0. The van der Waals surface area contributed by atoms with Crippen molar-refractivity contribution in [2.45, 2.75) is 84.5 Å². The predicted molar refractivity (Wildman–Crippen MR) is 260 cm³/mol. The molecule has 0 heterocycles. The van der Waals surface area contributed by atoms with E-state index >= 15 is 0 Å². The minimum absolute atomic E-state index is 0. The largest absolute Gasteiger partial charge is 3.00 e. The Balaban J connectivity index is 0.000000355. The third-order valence-corrected chi connectivity index (χ3v) is 13.8. The van der Waals surface area contributed by atoms with Crippen LogP contribution >= 0.6 is 0 Å². The second-order valence-corrected chi connectivity index (χ2v) is 20.2. The average Bonchev–Trinajstić information content (AvgIpc) is 3.81. The monoisotopic (exact) mass is 951 g/mol. The van der Waals surface area contributed by atoms with E-state index in [-0.39, 0.29) is 67.8 Å². The summed E-state index contributed by atoms with van der Waals surface area (Å²) in [5.74, 6) is 0.212. The molecule has 2 aliphatic rings. The fourth-order valence-electron chi connectivity index (χ4n) is 9.38. The number of halogens is 2. The first-order valence-corrected chi connectivity index (χ1v) is 22.8. The van der Waals surface area contributed by atoms with Gasteiger partial charge in [0.2, 0.25) is 0 Å². The molecule has 1 unspecified atom stereocenters. The molecule has 0 saturated heterocycles. The Bertz CT molecular complexity index is 2860. The van der Waals surface area contributed by atoms with Gasteiger partial charge in [0, 0.05) is 5.92 Å². The molecule has 10 rings (SSSR count). The van der Waals surface area contributed by atoms with Crippen molar-refractivity contribution >= 4 is 47.5 Å². The molecule has 0 spiro atoms. The second kappa shape index (κ2) is 19.8. The summed E-state index contributed by atoms with van der Waals surface area (Å²) in [4.78, 5) is 0. The van der Waals surface area contributed by atoms with E-state index in [0.717, 1.165) is 28.8 Å². The van der Waals surface area contributed by atoms with Gasteiger partial charge in [0.25, 0.3) is 0 Å². The molecule has 0 aromatic heterocycles. The van der Waals surface area contributed by atoms with Gasteiger partial charge in [-0.15, -0.1) is 16.7 Å². The molecule has 313 valence electrons. The minimum Gasteiger partial charge on any atom is -1.00 e. The molecule has 3 radical (unpaired) electrons. The van der Waals surface area contributed by atoms with Crippen LogP contribution in [0.2, 0.25) is 0 Å². The summed E-state index contributed by atoms with van der Waals surface area (Å²) >= 11 is 0. The number of hydrogen-bond acceptors (Lipinski definition) is 0. The number of allylic oxidation sites excluding steroid dienone is 1. The second-order valence-electron chi connectivity index (χ2n) is 18.8. The molecule has 8 aromatic carbocycles. The van der Waals surface area contributed by atoms with Gasteiger partial charge in [-0.3, -0.25) is 0 Å². The Labute approximate surface area is 410 Å². The van der Waals surface area contributed by atoms with E-state index in [1.807, 2.05) is 0 Å². The number of fused-ring (bicyclic) bond motifs is 7. The van der Waals surface area contributed by atoms with Crippen LogP contribution in [0.4, 0.5) is 0 Å². The smallest absolute Gasteiger partial charge is 1.00 e. The summed E-state index contributed by atoms with van der Waals surface area (Å²) < 4.78 is 0. The third-order valence-electron chi connectivity index (χ3n) is 12.5. The van der Waals surface area contributed by atoms with Crippen LogP contribution in [0.25, 0.3) is 49.9 Å². The summed E-state index contributed by atoms with van der Waals surface area (Å²) in [5, 5.41) is 8.05. The zero-order valence-corrected chi connectivity index (χ0v) is 42.5. The maximum atomic E-state index is 4.11. The molecule has 1 atom stereocenters. The standard InChI is InChI=1S/C47H45.C12H10Si.2ClH.Zr/c1-8-14-31-25-41-37(40-23-29-15-9-10-16-34(29)35-17-11-12-18-36(35)40)19-13-20-38(41)45(31)44-28-33(47(5,6)7)27-43-39-26-32(46(2,3)4)22-21-30(39)24-42(43)44;1-3-7-11(8-4-1)13-12-9-5-2-6-10-12;;;/h9-13,15-23,25-27,45H,8,14,24H2,1-7H3;1-10H;2*1H;/q-1;;;;+3/p-2. The molecule has 0 saturated carbocycles. The van der Waals surface area contributed by atoms with Gasteiger partial charge in [-0.25, -0.2) is 0 Å². The number of hydrogen-bond donors (Lipinski definition) is 0. The van der Waals surface area contributed by atoms with Crippen molar-refractivity contribution in [2.24, 2.45) is 0 Å². The van der Waals surface area contributed by atoms with E-state index in [2.05, 4.69) is 218 Å². The summed E-state index contributed by atoms with van der Waals surface area (Å²) in [6, 6.07) is 62.2. The summed E-state index contributed by atoms with van der Waals surface area (Å²) in [6.07, 6.45) is 5.74. The van der Waals surface area contributed by atoms with Crippen LogP contribution in [-0.4, -0.2) is 9.52 Å². The van der Waals surface area contributed by atoms with E-state index in [0.29, 0.717) is 0 Å². The molecule has 0 nitrogen and oxygen atoms in total. The van der Waals surface area contributed by atoms with E-state index in [1.54, 1.807) is 0 Å². The van der Waals surface area contributed by atoms with E-state index in [9.17, 15) is 0 Å². The van der Waals surface area contributed by atoms with Gasteiger partial charge in [-0.05, 0) is 90.2 Å². The Morgan fingerprint density at radius 3 is 1.83 bits per heavy atom. The number of benzene rings is 8. The molecule has 0 amide bonds. The zero-order valence-electron chi connectivity index (χ0n) is 37.5. The SMILES string of the molecule is CCCC1=Cc2c(-c3cc4ccccc4c4ccccc34)cccc2C1c1[c-]c(C(C)(C)C)cc2c1Cc1ccc(C(C)(C)C)cc1-2.[Cl-].[Cl-].[Zr+3].c1ccc([Si]c2ccccc2)cc1. The van der Waals surface area contributed by atoms with Gasteiger partial charge in [-0.2, -0.15) is 17.7 Å². The molecule has 0 bridgehead atoms. The van der Waals surface area contributed by atoms with Gasteiger partial charge in [0.15, 0.2) is 0 Å². The van der Waals surface area contributed by atoms with Crippen molar-refractivity contribution in [2.75, 3.05) is 0 Å². The Kier molecular flexibility index (Phi) is 15.2. The van der Waals surface area contributed by atoms with Gasteiger partial charge < -0.3 is 24.8 Å². The molecule has 2 aliphatic carbocycles. The van der Waals surface area contributed by atoms with Crippen molar-refractivity contribution < 1.29 is 51.0 Å². The van der Waals surface area contributed by atoms with Crippen LogP contribution in [0.1, 0.15) is 106 Å². The van der Waals surface area contributed by atoms with Crippen LogP contribution in [-0.2, 0) is 43.5 Å². The quantitative estimate of drug-likeness (QED) is 0.0895. The van der Waals surface area contributed by atoms with Gasteiger partial charge >= 0.3 is 26.2 Å². The minimum atomic E-state index is -0.00387. The van der Waals surface area contributed by atoms with Crippen LogP contribution < -0.4 is 35.2 Å². The fraction of sp³-hybridized carbons (Fsp3) is 0.220. The predicted octanol–water partition coefficient (Wildman–Crippen LogP) is 8.30. The molecule has 63 heavy (non-hydrogen) atoms. The van der Waals surface area contributed by atoms with E-state index < -0.39 is 0 Å². The van der Waals surface area contributed by atoms with Crippen LogP contribution in [0, 0.1) is 6.07 Å². The van der Waals surface area contributed by atoms with Gasteiger partial charge in [-0.1, -0.05) is 223 Å². The molecule has 0 fully saturated rings. The van der Waals surface area contributed by atoms with Crippen LogP contribution in [0.15, 0.2) is 163 Å². The normalized spacial score (nSPS) is 13.6. The summed E-state index contributed by atoms with van der Waals surface area (Å²) in [7, 11) is 0.777. The topological polar surface area (TPSA) is 0 Å². The Morgan fingerprint density at radius 2 is 1.19 bits per heavy atom. The Hall–Kier alpha value is -4.30. The third kappa shape index (κ3) is 9.72. The van der Waals surface area contributed by atoms with Gasteiger partial charge in [0.05, 0.1) is 0 Å². The van der Waals surface area contributed by atoms with Crippen LogP contribution in [0.3, 0.4) is 0 Å². The first-order valence-electron chi connectivity index (χ1n) is 21.8. The molecule has 0 N–H and O–H groups in total. The van der Waals surface area contributed by atoms with Crippen molar-refractivity contribution in [1.82, 2.24) is 0 Å². The molecular weight excluding hydrogens is 899 g/mol. The molecular formula is C59H55Cl2SiZr.